The Morgan fingerprint density at radius 2 is 1.31 bits per heavy atom. The summed E-state index contributed by atoms with van der Waals surface area (Å²) in [7, 11) is 0. The molecular formula is C8H12N2O6. The van der Waals surface area contributed by atoms with Gasteiger partial charge in [0.25, 0.3) is 0 Å². The molecule has 4 N–H and O–H groups in total. The molecule has 0 radical (unpaired) electrons. The number of rotatable bonds is 2. The maximum Gasteiger partial charge on any atom is 0.419 e. The Morgan fingerprint density at radius 3 is 1.50 bits per heavy atom. The molecule has 2 heterocycles. The number of carbonyl (C=O) groups excluding carboxylic acids is 2. The van der Waals surface area contributed by atoms with E-state index in [0.29, 0.717) is 13.2 Å². The molecule has 0 aromatic rings. The summed E-state index contributed by atoms with van der Waals surface area (Å²) in [6.07, 6.45) is -1.76. The molecule has 4 atom stereocenters. The number of ether oxygens (including phenoxy) is 4. The minimum atomic E-state index is -1.16. The third kappa shape index (κ3) is 2.14. The lowest BCUT2D eigenvalue weighted by atomic mass is 10.2. The van der Waals surface area contributed by atoms with Crippen LogP contribution in [-0.4, -0.2) is 49.8 Å². The Balaban J connectivity index is 1.73. The quantitative estimate of drug-likeness (QED) is 0.393. The predicted octanol–water partition coefficient (Wildman–Crippen LogP) is -2.56. The summed E-state index contributed by atoms with van der Waals surface area (Å²) < 4.78 is 18.8. The molecule has 2 aliphatic rings. The molecule has 0 unspecified atom stereocenters. The van der Waals surface area contributed by atoms with Crippen molar-refractivity contribution >= 4 is 11.9 Å². The SMILES string of the molecule is N[C@@H]1CO[C@@H]1OC(=O)C(=O)O[C@@H]1OC[C@@H]1N. The number of hydrogen-bond acceptors (Lipinski definition) is 8. The number of carbonyl (C=O) groups is 2. The first-order valence-corrected chi connectivity index (χ1v) is 4.74. The van der Waals surface area contributed by atoms with Gasteiger partial charge in [0.1, 0.15) is 0 Å². The van der Waals surface area contributed by atoms with Gasteiger partial charge in [0.05, 0.1) is 25.3 Å². The highest BCUT2D eigenvalue weighted by Crippen LogP contribution is 2.14. The molecule has 2 rings (SSSR count). The Bertz CT molecular complexity index is 279. The van der Waals surface area contributed by atoms with Gasteiger partial charge in [0.15, 0.2) is 0 Å². The van der Waals surface area contributed by atoms with E-state index in [0.717, 1.165) is 0 Å². The summed E-state index contributed by atoms with van der Waals surface area (Å²) in [5, 5.41) is 0. The summed E-state index contributed by atoms with van der Waals surface area (Å²) in [5.41, 5.74) is 10.9. The topological polar surface area (TPSA) is 123 Å². The summed E-state index contributed by atoms with van der Waals surface area (Å²) in [4.78, 5) is 22.3. The fraction of sp³-hybridized carbons (Fsp3) is 0.750. The smallest absolute Gasteiger partial charge is 0.419 e. The Hall–Kier alpha value is -1.22. The van der Waals surface area contributed by atoms with Crippen LogP contribution in [0.5, 0.6) is 0 Å². The second-order valence-corrected chi connectivity index (χ2v) is 3.54. The van der Waals surface area contributed by atoms with Gasteiger partial charge >= 0.3 is 11.9 Å². The van der Waals surface area contributed by atoms with E-state index in [-0.39, 0.29) is 0 Å². The summed E-state index contributed by atoms with van der Waals surface area (Å²) in [6.45, 7) is 0.590. The zero-order valence-electron chi connectivity index (χ0n) is 8.33. The average molecular weight is 232 g/mol. The fourth-order valence-electron chi connectivity index (χ4n) is 1.12. The van der Waals surface area contributed by atoms with Crippen LogP contribution in [0.2, 0.25) is 0 Å². The predicted molar refractivity (Wildman–Crippen MR) is 47.6 cm³/mol. The van der Waals surface area contributed by atoms with Crippen LogP contribution in [-0.2, 0) is 28.5 Å². The second kappa shape index (κ2) is 4.34. The molecule has 0 spiro atoms. The first-order chi connectivity index (χ1) is 7.58. The highest BCUT2D eigenvalue weighted by molar-refractivity contribution is 6.29. The molecule has 0 aliphatic carbocycles. The zero-order valence-corrected chi connectivity index (χ0v) is 8.33. The van der Waals surface area contributed by atoms with Gasteiger partial charge in [-0.15, -0.1) is 0 Å². The van der Waals surface area contributed by atoms with Crippen LogP contribution in [0, 0.1) is 0 Å². The number of nitrogens with two attached hydrogens (primary N) is 2. The van der Waals surface area contributed by atoms with Crippen LogP contribution in [0.25, 0.3) is 0 Å². The molecule has 0 saturated carbocycles. The van der Waals surface area contributed by atoms with Crippen molar-refractivity contribution in [2.45, 2.75) is 24.7 Å². The minimum Gasteiger partial charge on any atom is -0.426 e. The van der Waals surface area contributed by atoms with Gasteiger partial charge in [-0.3, -0.25) is 0 Å². The molecule has 0 bridgehead atoms. The molecular weight excluding hydrogens is 220 g/mol. The summed E-state index contributed by atoms with van der Waals surface area (Å²) in [5.74, 6) is -2.33. The van der Waals surface area contributed by atoms with E-state index in [2.05, 4.69) is 9.47 Å². The normalized spacial score (nSPS) is 36.9. The van der Waals surface area contributed by atoms with Crippen LogP contribution in [0.3, 0.4) is 0 Å². The molecule has 2 fully saturated rings. The lowest BCUT2D eigenvalue weighted by Gasteiger charge is -2.34. The van der Waals surface area contributed by atoms with Gasteiger partial charge in [-0.2, -0.15) is 0 Å². The third-order valence-corrected chi connectivity index (χ3v) is 2.22. The monoisotopic (exact) mass is 232 g/mol. The van der Waals surface area contributed by atoms with E-state index in [1.54, 1.807) is 0 Å². The van der Waals surface area contributed by atoms with E-state index < -0.39 is 36.6 Å². The molecule has 8 heteroatoms. The van der Waals surface area contributed by atoms with Crippen LogP contribution in [0.4, 0.5) is 0 Å². The first kappa shape index (κ1) is 11.3. The molecule has 2 aliphatic heterocycles. The van der Waals surface area contributed by atoms with Gasteiger partial charge in [-0.1, -0.05) is 0 Å². The number of hydrogen-bond donors (Lipinski definition) is 2. The van der Waals surface area contributed by atoms with Crippen LogP contribution in [0.1, 0.15) is 0 Å². The van der Waals surface area contributed by atoms with E-state index >= 15 is 0 Å². The third-order valence-electron chi connectivity index (χ3n) is 2.22. The van der Waals surface area contributed by atoms with Gasteiger partial charge in [0.2, 0.25) is 12.6 Å². The second-order valence-electron chi connectivity index (χ2n) is 3.54. The van der Waals surface area contributed by atoms with Crippen molar-refractivity contribution in [2.75, 3.05) is 13.2 Å². The Morgan fingerprint density at radius 1 is 0.938 bits per heavy atom. The average Bonchev–Trinajstić information content (AvgIpc) is 2.28. The Labute approximate surface area is 90.7 Å². The standard InChI is InChI=1S/C8H12N2O6/c9-3-1-13-7(3)15-5(11)6(12)16-8-4(10)2-14-8/h3-4,7-8H,1-2,9-10H2/t3-,4+,7-,8+. The highest BCUT2D eigenvalue weighted by atomic mass is 16.8. The molecule has 8 nitrogen and oxygen atoms in total. The van der Waals surface area contributed by atoms with Crippen molar-refractivity contribution in [3.05, 3.63) is 0 Å². The fourth-order valence-corrected chi connectivity index (χ4v) is 1.12. The van der Waals surface area contributed by atoms with Crippen molar-refractivity contribution in [2.24, 2.45) is 11.5 Å². The van der Waals surface area contributed by atoms with E-state index in [1.165, 1.54) is 0 Å². The van der Waals surface area contributed by atoms with Gasteiger partial charge in [0, 0.05) is 0 Å². The Kier molecular flexibility index (Phi) is 3.06. The van der Waals surface area contributed by atoms with E-state index in [1.807, 2.05) is 0 Å². The maximum absolute atomic E-state index is 11.1. The minimum absolute atomic E-state index is 0.295. The van der Waals surface area contributed by atoms with Gasteiger partial charge in [-0.25, -0.2) is 9.59 Å². The molecule has 0 aromatic heterocycles. The van der Waals surface area contributed by atoms with Crippen LogP contribution in [0.15, 0.2) is 0 Å². The van der Waals surface area contributed by atoms with Crippen LogP contribution < -0.4 is 11.5 Å². The van der Waals surface area contributed by atoms with E-state index in [4.69, 9.17) is 20.9 Å². The van der Waals surface area contributed by atoms with Crippen molar-refractivity contribution in [3.8, 4) is 0 Å². The van der Waals surface area contributed by atoms with Crippen LogP contribution >= 0.6 is 0 Å². The van der Waals surface area contributed by atoms with Crippen molar-refractivity contribution in [1.82, 2.24) is 0 Å². The highest BCUT2D eigenvalue weighted by Gasteiger charge is 2.38. The van der Waals surface area contributed by atoms with E-state index in [9.17, 15) is 9.59 Å². The molecule has 16 heavy (non-hydrogen) atoms. The van der Waals surface area contributed by atoms with Gasteiger partial charge < -0.3 is 30.4 Å². The van der Waals surface area contributed by atoms with Crippen molar-refractivity contribution in [1.29, 1.82) is 0 Å². The molecule has 0 amide bonds. The largest absolute Gasteiger partial charge is 0.426 e. The van der Waals surface area contributed by atoms with Crippen molar-refractivity contribution < 1.29 is 28.5 Å². The summed E-state index contributed by atoms with van der Waals surface area (Å²) >= 11 is 0. The lowest BCUT2D eigenvalue weighted by Crippen LogP contribution is -2.56. The zero-order chi connectivity index (χ0) is 11.7. The molecule has 90 valence electrons. The summed E-state index contributed by atoms with van der Waals surface area (Å²) in [6, 6.07) is -0.807. The van der Waals surface area contributed by atoms with Crippen molar-refractivity contribution in [3.63, 3.8) is 0 Å². The molecule has 0 aromatic carbocycles. The number of esters is 2. The molecule has 2 saturated heterocycles. The van der Waals surface area contributed by atoms with Gasteiger partial charge in [-0.05, 0) is 0 Å². The maximum atomic E-state index is 11.1. The first-order valence-electron chi connectivity index (χ1n) is 4.74. The lowest BCUT2D eigenvalue weighted by molar-refractivity contribution is -0.245.